The fourth-order valence-corrected chi connectivity index (χ4v) is 3.49. The Morgan fingerprint density at radius 3 is 2.75 bits per heavy atom. The van der Waals surface area contributed by atoms with E-state index in [1.165, 1.54) is 11.1 Å². The van der Waals surface area contributed by atoms with Gasteiger partial charge in [0.25, 0.3) is 0 Å². The molecule has 2 aliphatic heterocycles. The van der Waals surface area contributed by atoms with Gasteiger partial charge in [-0.1, -0.05) is 12.1 Å². The standard InChI is InChI=1S/C17H24N2O/c1-13-4-3-5-16-15(13)8-11-19(16)17(20)12-14-6-9-18(2)10-7-14/h3-5,14H,6-12H2,1-2H3. The molecule has 2 heterocycles. The lowest BCUT2D eigenvalue weighted by Crippen LogP contribution is -2.35. The number of likely N-dealkylation sites (tertiary alicyclic amines) is 1. The van der Waals surface area contributed by atoms with Crippen LogP contribution in [0.15, 0.2) is 18.2 Å². The van der Waals surface area contributed by atoms with Gasteiger partial charge in [0.05, 0.1) is 0 Å². The van der Waals surface area contributed by atoms with E-state index in [4.69, 9.17) is 0 Å². The van der Waals surface area contributed by atoms with Crippen LogP contribution in [-0.2, 0) is 11.2 Å². The first kappa shape index (κ1) is 13.6. The molecule has 3 nitrogen and oxygen atoms in total. The van der Waals surface area contributed by atoms with E-state index in [2.05, 4.69) is 37.1 Å². The summed E-state index contributed by atoms with van der Waals surface area (Å²) in [6, 6.07) is 6.31. The van der Waals surface area contributed by atoms with E-state index in [0.717, 1.165) is 51.0 Å². The number of hydrogen-bond acceptors (Lipinski definition) is 2. The average molecular weight is 272 g/mol. The molecule has 1 aromatic carbocycles. The minimum Gasteiger partial charge on any atom is -0.312 e. The summed E-state index contributed by atoms with van der Waals surface area (Å²) >= 11 is 0. The molecule has 0 radical (unpaired) electrons. The Kier molecular flexibility index (Phi) is 3.79. The number of anilines is 1. The second kappa shape index (κ2) is 5.57. The van der Waals surface area contributed by atoms with E-state index in [1.54, 1.807) is 0 Å². The highest BCUT2D eigenvalue weighted by Gasteiger charge is 2.28. The van der Waals surface area contributed by atoms with Crippen LogP contribution in [0.25, 0.3) is 0 Å². The summed E-state index contributed by atoms with van der Waals surface area (Å²) in [4.78, 5) is 17.0. The molecule has 1 fully saturated rings. The molecular formula is C17H24N2O. The smallest absolute Gasteiger partial charge is 0.227 e. The first-order valence-electron chi connectivity index (χ1n) is 7.72. The number of aryl methyl sites for hydroxylation is 1. The second-order valence-corrected chi connectivity index (χ2v) is 6.32. The molecule has 108 valence electrons. The van der Waals surface area contributed by atoms with Crippen LogP contribution in [0.4, 0.5) is 5.69 Å². The van der Waals surface area contributed by atoms with Crippen molar-refractivity contribution >= 4 is 11.6 Å². The lowest BCUT2D eigenvalue weighted by atomic mass is 9.93. The predicted molar refractivity (Wildman–Crippen MR) is 82.1 cm³/mol. The van der Waals surface area contributed by atoms with Crippen LogP contribution in [0.3, 0.4) is 0 Å². The lowest BCUT2D eigenvalue weighted by Gasteiger charge is -2.29. The quantitative estimate of drug-likeness (QED) is 0.826. The summed E-state index contributed by atoms with van der Waals surface area (Å²) in [6.45, 7) is 5.27. The molecule has 0 N–H and O–H groups in total. The second-order valence-electron chi connectivity index (χ2n) is 6.32. The average Bonchev–Trinajstić information content (AvgIpc) is 2.87. The zero-order chi connectivity index (χ0) is 14.1. The normalized spacial score (nSPS) is 20.2. The summed E-state index contributed by atoms with van der Waals surface area (Å²) in [5, 5.41) is 0. The molecule has 0 aliphatic carbocycles. The van der Waals surface area contributed by atoms with Crippen molar-refractivity contribution in [3.63, 3.8) is 0 Å². The van der Waals surface area contributed by atoms with Crippen molar-refractivity contribution in [1.82, 2.24) is 4.90 Å². The van der Waals surface area contributed by atoms with E-state index in [0.29, 0.717) is 11.8 Å². The maximum absolute atomic E-state index is 12.6. The highest BCUT2D eigenvalue weighted by atomic mass is 16.2. The fourth-order valence-electron chi connectivity index (χ4n) is 3.49. The number of fused-ring (bicyclic) bond motifs is 1. The summed E-state index contributed by atoms with van der Waals surface area (Å²) in [5.41, 5.74) is 3.84. The minimum absolute atomic E-state index is 0.323. The zero-order valence-electron chi connectivity index (χ0n) is 12.6. The molecule has 0 unspecified atom stereocenters. The SMILES string of the molecule is Cc1cccc2c1CCN2C(=O)CC1CCN(C)CC1. The first-order valence-corrected chi connectivity index (χ1v) is 7.72. The van der Waals surface area contributed by atoms with Crippen molar-refractivity contribution < 1.29 is 4.79 Å². The maximum atomic E-state index is 12.6. The number of hydrogen-bond donors (Lipinski definition) is 0. The molecule has 1 aromatic rings. The predicted octanol–water partition coefficient (Wildman–Crippen LogP) is 2.62. The van der Waals surface area contributed by atoms with E-state index in [1.807, 2.05) is 4.90 Å². The van der Waals surface area contributed by atoms with Crippen LogP contribution in [0.1, 0.15) is 30.4 Å². The number of piperidine rings is 1. The number of carbonyl (C=O) groups excluding carboxylic acids is 1. The van der Waals surface area contributed by atoms with Gasteiger partial charge in [-0.05, 0) is 69.4 Å². The summed E-state index contributed by atoms with van der Waals surface area (Å²) in [5.74, 6) is 0.900. The van der Waals surface area contributed by atoms with Crippen molar-refractivity contribution in [2.75, 3.05) is 31.6 Å². The highest BCUT2D eigenvalue weighted by Crippen LogP contribution is 2.32. The fraction of sp³-hybridized carbons (Fsp3) is 0.588. The van der Waals surface area contributed by atoms with Gasteiger partial charge < -0.3 is 9.80 Å². The Hall–Kier alpha value is -1.35. The van der Waals surface area contributed by atoms with Crippen molar-refractivity contribution in [3.8, 4) is 0 Å². The van der Waals surface area contributed by atoms with Gasteiger partial charge >= 0.3 is 0 Å². The van der Waals surface area contributed by atoms with Gasteiger partial charge in [0.1, 0.15) is 0 Å². The van der Waals surface area contributed by atoms with Crippen LogP contribution >= 0.6 is 0 Å². The number of nitrogens with zero attached hydrogens (tertiary/aromatic N) is 2. The third kappa shape index (κ3) is 2.59. The maximum Gasteiger partial charge on any atom is 0.227 e. The van der Waals surface area contributed by atoms with E-state index in [9.17, 15) is 4.79 Å². The summed E-state index contributed by atoms with van der Waals surface area (Å²) in [6.07, 6.45) is 4.07. The third-order valence-electron chi connectivity index (χ3n) is 4.86. The number of benzene rings is 1. The largest absolute Gasteiger partial charge is 0.312 e. The van der Waals surface area contributed by atoms with Crippen LogP contribution in [-0.4, -0.2) is 37.5 Å². The Morgan fingerprint density at radius 2 is 2.00 bits per heavy atom. The Bertz CT molecular complexity index is 504. The van der Waals surface area contributed by atoms with Crippen LogP contribution < -0.4 is 4.90 Å². The van der Waals surface area contributed by atoms with Gasteiger partial charge in [0, 0.05) is 18.7 Å². The molecule has 0 spiro atoms. The molecule has 0 bridgehead atoms. The minimum atomic E-state index is 0.323. The molecule has 0 saturated carbocycles. The molecule has 3 rings (SSSR count). The third-order valence-corrected chi connectivity index (χ3v) is 4.86. The number of amides is 1. The van der Waals surface area contributed by atoms with Crippen molar-refractivity contribution in [3.05, 3.63) is 29.3 Å². The number of rotatable bonds is 2. The Labute approximate surface area is 121 Å². The van der Waals surface area contributed by atoms with Gasteiger partial charge in [0.2, 0.25) is 5.91 Å². The molecule has 2 aliphatic rings. The monoisotopic (exact) mass is 272 g/mol. The van der Waals surface area contributed by atoms with Crippen LogP contribution in [0.5, 0.6) is 0 Å². The molecule has 1 amide bonds. The topological polar surface area (TPSA) is 23.6 Å². The van der Waals surface area contributed by atoms with Crippen LogP contribution in [0.2, 0.25) is 0 Å². The molecule has 1 saturated heterocycles. The lowest BCUT2D eigenvalue weighted by molar-refractivity contribution is -0.119. The summed E-state index contributed by atoms with van der Waals surface area (Å²) in [7, 11) is 2.16. The van der Waals surface area contributed by atoms with Gasteiger partial charge in [-0.15, -0.1) is 0 Å². The first-order chi connectivity index (χ1) is 9.65. The zero-order valence-corrected chi connectivity index (χ0v) is 12.6. The Balaban J connectivity index is 1.66. The van der Waals surface area contributed by atoms with E-state index < -0.39 is 0 Å². The number of carbonyl (C=O) groups is 1. The van der Waals surface area contributed by atoms with Gasteiger partial charge in [-0.2, -0.15) is 0 Å². The van der Waals surface area contributed by atoms with Gasteiger partial charge in [-0.3, -0.25) is 4.79 Å². The van der Waals surface area contributed by atoms with Crippen LogP contribution in [0, 0.1) is 12.8 Å². The summed E-state index contributed by atoms with van der Waals surface area (Å²) < 4.78 is 0. The molecule has 3 heteroatoms. The van der Waals surface area contributed by atoms with Crippen molar-refractivity contribution in [1.29, 1.82) is 0 Å². The Morgan fingerprint density at radius 1 is 1.25 bits per heavy atom. The van der Waals surface area contributed by atoms with Gasteiger partial charge in [0.15, 0.2) is 0 Å². The van der Waals surface area contributed by atoms with E-state index >= 15 is 0 Å². The van der Waals surface area contributed by atoms with Crippen molar-refractivity contribution in [2.45, 2.75) is 32.6 Å². The molecule has 0 aromatic heterocycles. The molecule has 20 heavy (non-hydrogen) atoms. The highest BCUT2D eigenvalue weighted by molar-refractivity contribution is 5.95. The molecule has 0 atom stereocenters. The van der Waals surface area contributed by atoms with Crippen molar-refractivity contribution in [2.24, 2.45) is 5.92 Å². The molecular weight excluding hydrogens is 248 g/mol. The van der Waals surface area contributed by atoms with E-state index in [-0.39, 0.29) is 0 Å². The van der Waals surface area contributed by atoms with Gasteiger partial charge in [-0.25, -0.2) is 0 Å².